The number of aromatic nitrogens is 1. The lowest BCUT2D eigenvalue weighted by Crippen LogP contribution is -2.42. The average Bonchev–Trinajstić information content (AvgIpc) is 2.78. The third kappa shape index (κ3) is 4.14. The second-order valence-corrected chi connectivity index (χ2v) is 8.13. The van der Waals surface area contributed by atoms with Crippen LogP contribution in [0.3, 0.4) is 0 Å². The van der Waals surface area contributed by atoms with Crippen molar-refractivity contribution in [3.8, 4) is 11.5 Å². The summed E-state index contributed by atoms with van der Waals surface area (Å²) in [5.41, 5.74) is 3.27. The zero-order chi connectivity index (χ0) is 22.8. The number of anilines is 1. The van der Waals surface area contributed by atoms with Crippen molar-refractivity contribution in [3.05, 3.63) is 83.2 Å². The van der Waals surface area contributed by atoms with Gasteiger partial charge in [0.15, 0.2) is 0 Å². The van der Waals surface area contributed by atoms with Crippen molar-refractivity contribution in [2.24, 2.45) is 0 Å². The second kappa shape index (κ2) is 8.70. The number of carbonyl (C=O) groups excluding carboxylic acids is 2. The first-order valence-electron chi connectivity index (χ1n) is 10.5. The zero-order valence-corrected chi connectivity index (χ0v) is 18.0. The van der Waals surface area contributed by atoms with Crippen LogP contribution in [0.4, 0.5) is 5.69 Å². The van der Waals surface area contributed by atoms with Crippen LogP contribution in [-0.2, 0) is 13.0 Å². The van der Waals surface area contributed by atoms with Crippen LogP contribution in [0.15, 0.2) is 60.9 Å². The minimum Gasteiger partial charge on any atom is -0.508 e. The molecule has 4 rings (SSSR count). The Morgan fingerprint density at radius 1 is 1.16 bits per heavy atom. The van der Waals surface area contributed by atoms with Crippen LogP contribution in [0.5, 0.6) is 11.5 Å². The molecule has 0 unspecified atom stereocenters. The highest BCUT2D eigenvalue weighted by Gasteiger charge is 2.31. The number of phenolic OH excluding ortho intramolecular Hbond substituents is 2. The molecule has 3 aromatic rings. The summed E-state index contributed by atoms with van der Waals surface area (Å²) >= 11 is 0. The molecule has 2 aromatic carbocycles. The highest BCUT2D eigenvalue weighted by molar-refractivity contribution is 6.09. The van der Waals surface area contributed by atoms with Crippen molar-refractivity contribution < 1.29 is 19.8 Å². The van der Waals surface area contributed by atoms with Gasteiger partial charge in [-0.15, -0.1) is 0 Å². The molecule has 164 valence electrons. The first kappa shape index (κ1) is 21.4. The SMILES string of the molecule is C[C@H]1CCc2cc(C(=O)N(C)Cc3cccnc3)ccc2N1C(=O)c1ccc(O)cc1O. The highest BCUT2D eigenvalue weighted by Crippen LogP contribution is 2.35. The van der Waals surface area contributed by atoms with Crippen molar-refractivity contribution in [2.45, 2.75) is 32.4 Å². The lowest BCUT2D eigenvalue weighted by molar-refractivity contribution is 0.0784. The Labute approximate surface area is 186 Å². The number of amides is 2. The molecule has 0 radical (unpaired) electrons. The van der Waals surface area contributed by atoms with Gasteiger partial charge in [-0.3, -0.25) is 14.6 Å². The van der Waals surface area contributed by atoms with E-state index < -0.39 is 0 Å². The Morgan fingerprint density at radius 3 is 2.69 bits per heavy atom. The Balaban J connectivity index is 1.60. The minimum absolute atomic E-state index is 0.0713. The van der Waals surface area contributed by atoms with Crippen molar-refractivity contribution in [1.29, 1.82) is 0 Å². The summed E-state index contributed by atoms with van der Waals surface area (Å²) in [6.45, 7) is 2.41. The van der Waals surface area contributed by atoms with Gasteiger partial charge in [0, 0.05) is 49.3 Å². The van der Waals surface area contributed by atoms with Crippen molar-refractivity contribution in [2.75, 3.05) is 11.9 Å². The number of aromatic hydroxyl groups is 2. The molecule has 32 heavy (non-hydrogen) atoms. The molecule has 7 heteroatoms. The van der Waals surface area contributed by atoms with Crippen molar-refractivity contribution in [3.63, 3.8) is 0 Å². The molecular weight excluding hydrogens is 406 g/mol. The van der Waals surface area contributed by atoms with E-state index >= 15 is 0 Å². The molecule has 1 aliphatic rings. The van der Waals surface area contributed by atoms with Crippen molar-refractivity contribution >= 4 is 17.5 Å². The smallest absolute Gasteiger partial charge is 0.262 e. The van der Waals surface area contributed by atoms with Gasteiger partial charge in [0.25, 0.3) is 11.8 Å². The summed E-state index contributed by atoms with van der Waals surface area (Å²) in [4.78, 5) is 33.6. The van der Waals surface area contributed by atoms with Crippen LogP contribution in [0, 0.1) is 0 Å². The van der Waals surface area contributed by atoms with Gasteiger partial charge >= 0.3 is 0 Å². The maximum atomic E-state index is 13.2. The van der Waals surface area contributed by atoms with E-state index in [9.17, 15) is 19.8 Å². The van der Waals surface area contributed by atoms with Gasteiger partial charge in [0.1, 0.15) is 11.5 Å². The summed E-state index contributed by atoms with van der Waals surface area (Å²) < 4.78 is 0. The number of aryl methyl sites for hydroxylation is 1. The molecule has 0 aliphatic carbocycles. The molecule has 0 bridgehead atoms. The number of hydrogen-bond acceptors (Lipinski definition) is 5. The van der Waals surface area contributed by atoms with Gasteiger partial charge in [0.2, 0.25) is 0 Å². The van der Waals surface area contributed by atoms with Gasteiger partial charge in [0.05, 0.1) is 5.56 Å². The number of fused-ring (bicyclic) bond motifs is 1. The van der Waals surface area contributed by atoms with Gasteiger partial charge in [-0.1, -0.05) is 6.07 Å². The average molecular weight is 431 g/mol. The summed E-state index contributed by atoms with van der Waals surface area (Å²) in [6.07, 6.45) is 4.91. The molecule has 1 atom stereocenters. The maximum Gasteiger partial charge on any atom is 0.262 e. The van der Waals surface area contributed by atoms with E-state index in [2.05, 4.69) is 4.98 Å². The number of benzene rings is 2. The fraction of sp³-hybridized carbons (Fsp3) is 0.240. The summed E-state index contributed by atoms with van der Waals surface area (Å²) in [7, 11) is 1.75. The number of nitrogens with zero attached hydrogens (tertiary/aromatic N) is 3. The van der Waals surface area contributed by atoms with E-state index in [1.165, 1.54) is 12.1 Å². The Hall–Kier alpha value is -3.87. The van der Waals surface area contributed by atoms with Crippen LogP contribution in [0.25, 0.3) is 0 Å². The predicted octanol–water partition coefficient (Wildman–Crippen LogP) is 3.75. The number of rotatable bonds is 4. The largest absolute Gasteiger partial charge is 0.508 e. The van der Waals surface area contributed by atoms with Gasteiger partial charge in [-0.25, -0.2) is 0 Å². The fourth-order valence-corrected chi connectivity index (χ4v) is 4.08. The van der Waals surface area contributed by atoms with Gasteiger partial charge < -0.3 is 20.0 Å². The van der Waals surface area contributed by atoms with Crippen molar-refractivity contribution in [1.82, 2.24) is 9.88 Å². The molecule has 2 N–H and O–H groups in total. The summed E-state index contributed by atoms with van der Waals surface area (Å²) in [5, 5.41) is 19.7. The molecule has 0 saturated carbocycles. The number of hydrogen-bond donors (Lipinski definition) is 2. The Morgan fingerprint density at radius 2 is 1.97 bits per heavy atom. The van der Waals surface area contributed by atoms with E-state index in [4.69, 9.17) is 0 Å². The maximum absolute atomic E-state index is 13.2. The van der Waals surface area contributed by atoms with Crippen LogP contribution < -0.4 is 4.90 Å². The van der Waals surface area contributed by atoms with Crippen LogP contribution in [0.1, 0.15) is 45.2 Å². The second-order valence-electron chi connectivity index (χ2n) is 8.13. The molecule has 0 spiro atoms. The summed E-state index contributed by atoms with van der Waals surface area (Å²) in [5.74, 6) is -0.823. The third-order valence-corrected chi connectivity index (χ3v) is 5.78. The molecule has 7 nitrogen and oxygen atoms in total. The quantitative estimate of drug-likeness (QED) is 0.656. The summed E-state index contributed by atoms with van der Waals surface area (Å²) in [6, 6.07) is 13.0. The Kier molecular flexibility index (Phi) is 5.81. The van der Waals surface area contributed by atoms with Crippen LogP contribution in [-0.4, -0.2) is 45.0 Å². The molecular formula is C25H25N3O4. The topological polar surface area (TPSA) is 94.0 Å². The van der Waals surface area contributed by atoms with E-state index in [1.54, 1.807) is 41.4 Å². The minimum atomic E-state index is -0.344. The Bertz CT molecular complexity index is 1160. The van der Waals surface area contributed by atoms with E-state index in [-0.39, 0.29) is 34.9 Å². The molecule has 0 saturated heterocycles. The van der Waals surface area contributed by atoms with E-state index in [0.29, 0.717) is 12.1 Å². The number of pyridine rings is 1. The normalized spacial score (nSPS) is 15.2. The predicted molar refractivity (Wildman–Crippen MR) is 121 cm³/mol. The molecule has 2 amide bonds. The molecule has 1 aromatic heterocycles. The van der Waals surface area contributed by atoms with Crippen LogP contribution >= 0.6 is 0 Å². The highest BCUT2D eigenvalue weighted by atomic mass is 16.3. The third-order valence-electron chi connectivity index (χ3n) is 5.78. The lowest BCUT2D eigenvalue weighted by atomic mass is 9.93. The molecule has 1 aliphatic heterocycles. The number of carbonyl (C=O) groups is 2. The van der Waals surface area contributed by atoms with Gasteiger partial charge in [-0.2, -0.15) is 0 Å². The van der Waals surface area contributed by atoms with Crippen LogP contribution in [0.2, 0.25) is 0 Å². The molecule has 0 fully saturated rings. The fourth-order valence-electron chi connectivity index (χ4n) is 4.08. The first-order valence-corrected chi connectivity index (χ1v) is 10.5. The van der Waals surface area contributed by atoms with Gasteiger partial charge in [-0.05, 0) is 67.3 Å². The number of phenols is 2. The van der Waals surface area contributed by atoms with E-state index in [0.717, 1.165) is 35.7 Å². The standard InChI is InChI=1S/C25H25N3O4/c1-16-5-6-18-12-19(24(31)27(2)15-17-4-3-11-26-14-17)7-10-22(18)28(16)25(32)21-9-8-20(29)13-23(21)30/h3-4,7-14,16,29-30H,5-6,15H2,1-2H3/t16-/m0/s1. The lowest BCUT2D eigenvalue weighted by Gasteiger charge is -2.36. The molecule has 2 heterocycles. The monoisotopic (exact) mass is 431 g/mol. The zero-order valence-electron chi connectivity index (χ0n) is 18.0. The first-order chi connectivity index (χ1) is 15.3. The van der Waals surface area contributed by atoms with E-state index in [1.807, 2.05) is 25.1 Å².